The van der Waals surface area contributed by atoms with Gasteiger partial charge in [-0.05, 0) is 43.9 Å². The molecule has 0 aromatic carbocycles. The number of aliphatic imine (C=N–C) groups is 1. The van der Waals surface area contributed by atoms with Crippen LogP contribution < -0.4 is 10.6 Å². The third kappa shape index (κ3) is 3.21. The Kier molecular flexibility index (Phi) is 4.44. The first kappa shape index (κ1) is 14.4. The van der Waals surface area contributed by atoms with Crippen LogP contribution in [0, 0.1) is 5.92 Å². The molecule has 21 heavy (non-hydrogen) atoms. The van der Waals surface area contributed by atoms with Gasteiger partial charge in [0.2, 0.25) is 0 Å². The van der Waals surface area contributed by atoms with Crippen LogP contribution in [0.5, 0.6) is 0 Å². The smallest absolute Gasteiger partial charge is 0.139 e. The van der Waals surface area contributed by atoms with Gasteiger partial charge in [-0.2, -0.15) is 0 Å². The molecule has 0 atom stereocenters. The summed E-state index contributed by atoms with van der Waals surface area (Å²) >= 11 is 0. The first-order valence-corrected chi connectivity index (χ1v) is 8.18. The summed E-state index contributed by atoms with van der Waals surface area (Å²) in [7, 11) is 0. The van der Waals surface area contributed by atoms with E-state index >= 15 is 0 Å². The van der Waals surface area contributed by atoms with Gasteiger partial charge in [0.15, 0.2) is 0 Å². The highest BCUT2D eigenvalue weighted by molar-refractivity contribution is 6.06. The van der Waals surface area contributed by atoms with Crippen molar-refractivity contribution in [2.45, 2.75) is 33.1 Å². The van der Waals surface area contributed by atoms with Crippen molar-refractivity contribution < 1.29 is 0 Å². The molecular weight excluding hydrogens is 260 g/mol. The third-order valence-electron chi connectivity index (χ3n) is 4.40. The van der Waals surface area contributed by atoms with E-state index in [1.54, 1.807) is 0 Å². The molecule has 2 heterocycles. The number of hydrogen-bond acceptors (Lipinski definition) is 4. The van der Waals surface area contributed by atoms with E-state index in [2.05, 4.69) is 46.6 Å². The predicted molar refractivity (Wildman–Crippen MR) is 88.0 cm³/mol. The van der Waals surface area contributed by atoms with E-state index in [-0.39, 0.29) is 0 Å². The van der Waals surface area contributed by atoms with Gasteiger partial charge in [-0.25, -0.2) is 4.99 Å². The fraction of sp³-hybridized carbons (Fsp3) is 0.588. The summed E-state index contributed by atoms with van der Waals surface area (Å²) in [6, 6.07) is 0. The van der Waals surface area contributed by atoms with Gasteiger partial charge in [0.05, 0.1) is 0 Å². The van der Waals surface area contributed by atoms with Gasteiger partial charge < -0.3 is 15.5 Å². The number of piperazine rings is 1. The number of nitrogens with zero attached hydrogens (tertiary/aromatic N) is 2. The van der Waals surface area contributed by atoms with Gasteiger partial charge >= 0.3 is 0 Å². The van der Waals surface area contributed by atoms with Crippen LogP contribution in [0.3, 0.4) is 0 Å². The molecule has 0 aromatic heterocycles. The largest absolute Gasteiger partial charge is 0.372 e. The van der Waals surface area contributed by atoms with Gasteiger partial charge in [-0.15, -0.1) is 0 Å². The van der Waals surface area contributed by atoms with Crippen molar-refractivity contribution in [2.24, 2.45) is 10.9 Å². The molecule has 4 nitrogen and oxygen atoms in total. The van der Waals surface area contributed by atoms with Crippen LogP contribution in [0.2, 0.25) is 0 Å². The van der Waals surface area contributed by atoms with Crippen LogP contribution in [-0.2, 0) is 0 Å². The van der Waals surface area contributed by atoms with E-state index in [0.29, 0.717) is 0 Å². The summed E-state index contributed by atoms with van der Waals surface area (Å²) in [6.07, 6.45) is 9.92. The van der Waals surface area contributed by atoms with Crippen molar-refractivity contribution >= 4 is 5.84 Å². The highest BCUT2D eigenvalue weighted by Gasteiger charge is 2.34. The van der Waals surface area contributed by atoms with Crippen LogP contribution in [0.15, 0.2) is 40.3 Å². The highest BCUT2D eigenvalue weighted by Crippen LogP contribution is 2.43. The van der Waals surface area contributed by atoms with E-state index in [9.17, 15) is 0 Å². The molecule has 0 spiro atoms. The maximum Gasteiger partial charge on any atom is 0.139 e. The molecule has 1 aliphatic carbocycles. The minimum atomic E-state index is 0.732. The molecule has 3 aliphatic rings. The fourth-order valence-corrected chi connectivity index (χ4v) is 3.01. The zero-order valence-electron chi connectivity index (χ0n) is 13.2. The Balaban J connectivity index is 1.83. The van der Waals surface area contributed by atoms with Gasteiger partial charge in [-0.1, -0.05) is 13.0 Å². The maximum atomic E-state index is 4.64. The molecule has 0 radical (unpaired) electrons. The number of rotatable bonds is 4. The third-order valence-corrected chi connectivity index (χ3v) is 4.40. The molecule has 0 amide bonds. The van der Waals surface area contributed by atoms with E-state index in [1.807, 2.05) is 6.20 Å². The second-order valence-corrected chi connectivity index (χ2v) is 5.99. The van der Waals surface area contributed by atoms with E-state index in [1.165, 1.54) is 29.7 Å². The summed E-state index contributed by atoms with van der Waals surface area (Å²) in [5, 5.41) is 6.81. The van der Waals surface area contributed by atoms with E-state index in [4.69, 9.17) is 0 Å². The molecule has 114 valence electrons. The first-order chi connectivity index (χ1) is 10.3. The fourth-order valence-electron chi connectivity index (χ4n) is 3.01. The van der Waals surface area contributed by atoms with Crippen molar-refractivity contribution in [1.82, 2.24) is 15.5 Å². The Bertz CT molecular complexity index is 503. The molecule has 0 aromatic rings. The lowest BCUT2D eigenvalue weighted by molar-refractivity contribution is 0.298. The molecular formula is C17H26N4. The number of amidine groups is 1. The topological polar surface area (TPSA) is 39.7 Å². The SMILES string of the molecule is CC/C=C/NC1=NC=C(C2CC2)/C1=C(/C)N1CCNCC1. The summed E-state index contributed by atoms with van der Waals surface area (Å²) in [5.74, 6) is 1.76. The van der Waals surface area contributed by atoms with Crippen LogP contribution in [0.4, 0.5) is 0 Å². The molecule has 2 fully saturated rings. The minimum absolute atomic E-state index is 0.732. The van der Waals surface area contributed by atoms with E-state index in [0.717, 1.165) is 44.4 Å². The quantitative estimate of drug-likeness (QED) is 0.833. The Labute approximate surface area is 127 Å². The predicted octanol–water partition coefficient (Wildman–Crippen LogP) is 2.38. The molecule has 2 aliphatic heterocycles. The summed E-state index contributed by atoms with van der Waals surface area (Å²) < 4.78 is 0. The molecule has 2 N–H and O–H groups in total. The van der Waals surface area contributed by atoms with Crippen molar-refractivity contribution in [1.29, 1.82) is 0 Å². The summed E-state index contributed by atoms with van der Waals surface area (Å²) in [6.45, 7) is 8.72. The molecule has 1 saturated carbocycles. The monoisotopic (exact) mass is 286 g/mol. The number of nitrogens with one attached hydrogen (secondary N) is 2. The first-order valence-electron chi connectivity index (χ1n) is 8.18. The van der Waals surface area contributed by atoms with Crippen molar-refractivity contribution in [2.75, 3.05) is 26.2 Å². The maximum absolute atomic E-state index is 4.64. The Morgan fingerprint density at radius 1 is 1.43 bits per heavy atom. The second kappa shape index (κ2) is 6.48. The van der Waals surface area contributed by atoms with Gasteiger partial charge in [-0.3, -0.25) is 0 Å². The average Bonchev–Trinajstić information content (AvgIpc) is 3.28. The molecule has 4 heteroatoms. The summed E-state index contributed by atoms with van der Waals surface area (Å²) in [5.41, 5.74) is 4.17. The second-order valence-electron chi connectivity index (χ2n) is 5.99. The standard InChI is InChI=1S/C17H26N4/c1-3-4-7-19-17-16(15(12-20-17)14-5-6-14)13(2)21-10-8-18-9-11-21/h4,7,12,14,18H,3,5-6,8-11H2,1-2H3,(H,19,20)/b7-4+,16-13+. The minimum Gasteiger partial charge on any atom is -0.372 e. The van der Waals surface area contributed by atoms with Gasteiger partial charge in [0.25, 0.3) is 0 Å². The van der Waals surface area contributed by atoms with E-state index < -0.39 is 0 Å². The Hall–Kier alpha value is -1.55. The number of hydrogen-bond donors (Lipinski definition) is 2. The lowest BCUT2D eigenvalue weighted by Gasteiger charge is -2.32. The van der Waals surface area contributed by atoms with Gasteiger partial charge in [0, 0.05) is 43.6 Å². The Morgan fingerprint density at radius 2 is 2.19 bits per heavy atom. The molecule has 1 saturated heterocycles. The van der Waals surface area contributed by atoms with Crippen LogP contribution in [0.1, 0.15) is 33.1 Å². The van der Waals surface area contributed by atoms with Crippen LogP contribution >= 0.6 is 0 Å². The average molecular weight is 286 g/mol. The van der Waals surface area contributed by atoms with Crippen molar-refractivity contribution in [3.8, 4) is 0 Å². The normalized spacial score (nSPS) is 25.1. The molecule has 3 rings (SSSR count). The summed E-state index contributed by atoms with van der Waals surface area (Å²) in [4.78, 5) is 7.13. The molecule has 0 bridgehead atoms. The van der Waals surface area contributed by atoms with Crippen molar-refractivity contribution in [3.63, 3.8) is 0 Å². The lowest BCUT2D eigenvalue weighted by Crippen LogP contribution is -2.43. The van der Waals surface area contributed by atoms with Crippen LogP contribution in [-0.4, -0.2) is 36.9 Å². The lowest BCUT2D eigenvalue weighted by atomic mass is 10.0. The molecule has 0 unspecified atom stereocenters. The van der Waals surface area contributed by atoms with Crippen molar-refractivity contribution in [3.05, 3.63) is 35.3 Å². The van der Waals surface area contributed by atoms with Crippen LogP contribution in [0.25, 0.3) is 0 Å². The van der Waals surface area contributed by atoms with Gasteiger partial charge in [0.1, 0.15) is 5.84 Å². The highest BCUT2D eigenvalue weighted by atomic mass is 15.2. The number of allylic oxidation sites excluding steroid dienone is 2. The Morgan fingerprint density at radius 3 is 2.86 bits per heavy atom. The zero-order chi connectivity index (χ0) is 14.7. The zero-order valence-corrected chi connectivity index (χ0v) is 13.2.